The molecule has 3 N–H and O–H groups in total. The molecule has 1 amide bonds. The van der Waals surface area contributed by atoms with Crippen LogP contribution in [0.4, 0.5) is 5.82 Å². The predicted octanol–water partition coefficient (Wildman–Crippen LogP) is 1.78. The Morgan fingerprint density at radius 3 is 2.28 bits per heavy atom. The van der Waals surface area contributed by atoms with Crippen molar-refractivity contribution in [2.75, 3.05) is 12.4 Å². The lowest BCUT2D eigenvalue weighted by atomic mass is 9.96. The first-order chi connectivity index (χ1) is 11.5. The van der Waals surface area contributed by atoms with E-state index in [9.17, 15) is 13.2 Å². The van der Waals surface area contributed by atoms with Gasteiger partial charge in [-0.2, -0.15) is 0 Å². The Balaban J connectivity index is 2.33. The molecule has 0 aliphatic heterocycles. The highest BCUT2D eigenvalue weighted by Gasteiger charge is 2.21. The molecule has 0 saturated heterocycles. The smallest absolute Gasteiger partial charge is 0.243 e. The predicted molar refractivity (Wildman–Crippen MR) is 93.5 cm³/mol. The normalized spacial score (nSPS) is 11.9. The summed E-state index contributed by atoms with van der Waals surface area (Å²) in [4.78, 5) is 19.9. The quantitative estimate of drug-likeness (QED) is 0.852. The molecule has 0 spiro atoms. The number of methoxy groups -OCH3 is 1. The monoisotopic (exact) mass is 364 g/mol. The molecule has 0 saturated carbocycles. The molecule has 0 radical (unpaired) electrons. The van der Waals surface area contributed by atoms with E-state index in [1.165, 1.54) is 25.6 Å². The maximum atomic E-state index is 12.0. The molecule has 9 heteroatoms. The van der Waals surface area contributed by atoms with Crippen molar-refractivity contribution >= 4 is 21.7 Å². The molecule has 2 rings (SSSR count). The van der Waals surface area contributed by atoms with E-state index in [1.54, 1.807) is 32.9 Å². The van der Waals surface area contributed by atoms with Gasteiger partial charge in [-0.3, -0.25) is 4.79 Å². The molecular weight excluding hydrogens is 344 g/mol. The molecule has 25 heavy (non-hydrogen) atoms. The van der Waals surface area contributed by atoms with Crippen LogP contribution in [0.5, 0.6) is 5.88 Å². The zero-order chi connectivity index (χ0) is 18.8. The van der Waals surface area contributed by atoms with Gasteiger partial charge < -0.3 is 10.1 Å². The van der Waals surface area contributed by atoms with Crippen molar-refractivity contribution in [1.29, 1.82) is 0 Å². The van der Waals surface area contributed by atoms with Gasteiger partial charge in [0.1, 0.15) is 10.7 Å². The number of nitrogens with zero attached hydrogens (tertiary/aromatic N) is 2. The van der Waals surface area contributed by atoms with E-state index in [0.29, 0.717) is 16.9 Å². The Kier molecular flexibility index (Phi) is 5.09. The Bertz CT molecular complexity index is 887. The molecule has 2 aromatic rings. The van der Waals surface area contributed by atoms with Gasteiger partial charge in [-0.1, -0.05) is 20.8 Å². The van der Waals surface area contributed by atoms with Crippen LogP contribution in [0, 0.1) is 5.41 Å². The minimum Gasteiger partial charge on any atom is -0.480 e. The van der Waals surface area contributed by atoms with Crippen LogP contribution in [0.3, 0.4) is 0 Å². The van der Waals surface area contributed by atoms with Gasteiger partial charge in [0.15, 0.2) is 0 Å². The van der Waals surface area contributed by atoms with Crippen molar-refractivity contribution in [1.82, 2.24) is 9.97 Å². The van der Waals surface area contributed by atoms with Gasteiger partial charge in [0.05, 0.1) is 7.11 Å². The van der Waals surface area contributed by atoms with Gasteiger partial charge in [-0.15, -0.1) is 0 Å². The average molecular weight is 364 g/mol. The number of amides is 1. The summed E-state index contributed by atoms with van der Waals surface area (Å²) < 4.78 is 28.2. The van der Waals surface area contributed by atoms with Gasteiger partial charge in [-0.05, 0) is 18.2 Å². The molecule has 0 bridgehead atoms. The second-order valence-electron chi connectivity index (χ2n) is 6.41. The van der Waals surface area contributed by atoms with E-state index in [-0.39, 0.29) is 16.7 Å². The topological polar surface area (TPSA) is 124 Å². The van der Waals surface area contributed by atoms with Crippen molar-refractivity contribution in [3.63, 3.8) is 0 Å². The molecule has 0 aromatic carbocycles. The second kappa shape index (κ2) is 6.77. The number of nitrogens with two attached hydrogens (primary N) is 1. The maximum Gasteiger partial charge on any atom is 0.243 e. The van der Waals surface area contributed by atoms with Crippen molar-refractivity contribution in [2.24, 2.45) is 10.6 Å². The number of rotatable bonds is 4. The zero-order valence-electron chi connectivity index (χ0n) is 14.4. The number of sulfonamides is 1. The van der Waals surface area contributed by atoms with Crippen LogP contribution >= 0.6 is 0 Å². The molecule has 0 atom stereocenters. The van der Waals surface area contributed by atoms with E-state index in [0.717, 1.165) is 0 Å². The summed E-state index contributed by atoms with van der Waals surface area (Å²) in [6.07, 6.45) is 2.96. The SMILES string of the molecule is COc1ncc(-c2ccc(NC(=O)C(C)(C)C)nc2)cc1S(N)(=O)=O. The molecule has 8 nitrogen and oxygen atoms in total. The van der Waals surface area contributed by atoms with Crippen LogP contribution in [0.2, 0.25) is 0 Å². The summed E-state index contributed by atoms with van der Waals surface area (Å²) in [6, 6.07) is 4.69. The summed E-state index contributed by atoms with van der Waals surface area (Å²) >= 11 is 0. The molecule has 0 aliphatic rings. The number of carbonyl (C=O) groups excluding carboxylic acids is 1. The molecule has 0 unspecified atom stereocenters. The zero-order valence-corrected chi connectivity index (χ0v) is 15.2. The van der Waals surface area contributed by atoms with E-state index in [2.05, 4.69) is 15.3 Å². The number of anilines is 1. The first-order valence-corrected chi connectivity index (χ1v) is 8.91. The fourth-order valence-corrected chi connectivity index (χ4v) is 2.56. The molecular formula is C16H20N4O4S. The highest BCUT2D eigenvalue weighted by molar-refractivity contribution is 7.89. The minimum atomic E-state index is -3.98. The van der Waals surface area contributed by atoms with Crippen molar-refractivity contribution in [3.8, 4) is 17.0 Å². The summed E-state index contributed by atoms with van der Waals surface area (Å²) in [5, 5.41) is 7.90. The number of aromatic nitrogens is 2. The number of carbonyl (C=O) groups is 1. The highest BCUT2D eigenvalue weighted by atomic mass is 32.2. The standard InChI is InChI=1S/C16H20N4O4S/c1-16(2,3)15(21)20-13-6-5-10(8-18-13)11-7-12(25(17,22)23)14(24-4)19-9-11/h5-9H,1-4H3,(H2,17,22,23)(H,18,20,21). The lowest BCUT2D eigenvalue weighted by Gasteiger charge is -2.17. The molecule has 2 heterocycles. The van der Waals surface area contributed by atoms with Crippen LogP contribution in [-0.4, -0.2) is 31.4 Å². The maximum absolute atomic E-state index is 12.0. The number of ether oxygens (including phenoxy) is 1. The van der Waals surface area contributed by atoms with Gasteiger partial charge in [0.25, 0.3) is 0 Å². The minimum absolute atomic E-state index is 0.0757. The molecule has 0 fully saturated rings. The number of hydrogen-bond donors (Lipinski definition) is 2. The van der Waals surface area contributed by atoms with Crippen molar-refractivity contribution < 1.29 is 17.9 Å². The van der Waals surface area contributed by atoms with E-state index >= 15 is 0 Å². The van der Waals surface area contributed by atoms with E-state index < -0.39 is 15.4 Å². The fourth-order valence-electron chi connectivity index (χ4n) is 1.89. The first-order valence-electron chi connectivity index (χ1n) is 7.37. The van der Waals surface area contributed by atoms with Gasteiger partial charge >= 0.3 is 0 Å². The summed E-state index contributed by atoms with van der Waals surface area (Å²) in [5.74, 6) is 0.167. The fraction of sp³-hybridized carbons (Fsp3) is 0.312. The number of pyridine rings is 2. The molecule has 2 aromatic heterocycles. The van der Waals surface area contributed by atoms with Crippen LogP contribution < -0.4 is 15.2 Å². The van der Waals surface area contributed by atoms with Crippen LogP contribution in [0.15, 0.2) is 35.5 Å². The summed E-state index contributed by atoms with van der Waals surface area (Å²) in [7, 11) is -2.67. The largest absolute Gasteiger partial charge is 0.480 e. The Labute approximate surface area is 146 Å². The lowest BCUT2D eigenvalue weighted by molar-refractivity contribution is -0.123. The van der Waals surface area contributed by atoms with Crippen LogP contribution in [-0.2, 0) is 14.8 Å². The third-order valence-corrected chi connectivity index (χ3v) is 4.24. The number of nitrogens with one attached hydrogen (secondary N) is 1. The van der Waals surface area contributed by atoms with Gasteiger partial charge in [0, 0.05) is 28.9 Å². The Morgan fingerprint density at radius 2 is 1.80 bits per heavy atom. The first kappa shape index (κ1) is 18.8. The third kappa shape index (κ3) is 4.52. The summed E-state index contributed by atoms with van der Waals surface area (Å²) in [6.45, 7) is 5.40. The van der Waals surface area contributed by atoms with Crippen LogP contribution in [0.25, 0.3) is 11.1 Å². The van der Waals surface area contributed by atoms with Crippen molar-refractivity contribution in [2.45, 2.75) is 25.7 Å². The van der Waals surface area contributed by atoms with Gasteiger partial charge in [-0.25, -0.2) is 23.5 Å². The molecule has 0 aliphatic carbocycles. The lowest BCUT2D eigenvalue weighted by Crippen LogP contribution is -2.27. The third-order valence-electron chi connectivity index (χ3n) is 3.34. The summed E-state index contributed by atoms with van der Waals surface area (Å²) in [5.41, 5.74) is 0.588. The Morgan fingerprint density at radius 1 is 1.16 bits per heavy atom. The Hall–Kier alpha value is -2.52. The molecule has 134 valence electrons. The highest BCUT2D eigenvalue weighted by Crippen LogP contribution is 2.27. The van der Waals surface area contributed by atoms with E-state index in [4.69, 9.17) is 9.88 Å². The number of hydrogen-bond acceptors (Lipinski definition) is 6. The van der Waals surface area contributed by atoms with Crippen LogP contribution in [0.1, 0.15) is 20.8 Å². The second-order valence-corrected chi connectivity index (χ2v) is 7.94. The number of primary sulfonamides is 1. The van der Waals surface area contributed by atoms with E-state index in [1.807, 2.05) is 0 Å². The van der Waals surface area contributed by atoms with Gasteiger partial charge in [0.2, 0.25) is 21.8 Å². The average Bonchev–Trinajstić information content (AvgIpc) is 2.53. The van der Waals surface area contributed by atoms with Crippen molar-refractivity contribution in [3.05, 3.63) is 30.6 Å².